The molecule has 0 aliphatic heterocycles. The summed E-state index contributed by atoms with van der Waals surface area (Å²) >= 11 is 0. The number of rotatable bonds is 5. The molecule has 0 heterocycles. The summed E-state index contributed by atoms with van der Waals surface area (Å²) in [6.07, 6.45) is 1.08. The Morgan fingerprint density at radius 1 is 1.18 bits per heavy atom. The van der Waals surface area contributed by atoms with E-state index in [2.05, 4.69) is 57.4 Å². The molecular formula is C15H25NO. The first kappa shape index (κ1) is 14.2. The summed E-state index contributed by atoms with van der Waals surface area (Å²) in [7, 11) is 1.66. The lowest BCUT2D eigenvalue weighted by molar-refractivity contribution is 0.0817. The average Bonchev–Trinajstić information content (AvgIpc) is 2.26. The van der Waals surface area contributed by atoms with Gasteiger partial charge in [0.05, 0.1) is 7.11 Å². The topological polar surface area (TPSA) is 21.3 Å². The minimum absolute atomic E-state index is 0.238. The van der Waals surface area contributed by atoms with Crippen molar-refractivity contribution in [3.8, 4) is 0 Å². The summed E-state index contributed by atoms with van der Waals surface area (Å²) in [5.41, 5.74) is 5.93. The van der Waals surface area contributed by atoms with Crippen LogP contribution in [0.4, 0.5) is 0 Å². The van der Waals surface area contributed by atoms with E-state index in [9.17, 15) is 0 Å². The summed E-state index contributed by atoms with van der Waals surface area (Å²) in [4.78, 5) is 4.86. The molecule has 0 aromatic heterocycles. The number of hydrogen-bond donors (Lipinski definition) is 1. The Hall–Kier alpha value is -0.860. The highest BCUT2D eigenvalue weighted by Crippen LogP contribution is 2.22. The second kappa shape index (κ2) is 6.18. The van der Waals surface area contributed by atoms with Gasteiger partial charge in [-0.25, -0.2) is 5.48 Å². The van der Waals surface area contributed by atoms with Gasteiger partial charge in [-0.05, 0) is 28.9 Å². The van der Waals surface area contributed by atoms with E-state index in [0.29, 0.717) is 5.92 Å². The van der Waals surface area contributed by atoms with Gasteiger partial charge in [-0.1, -0.05) is 52.0 Å². The zero-order valence-electron chi connectivity index (χ0n) is 11.7. The van der Waals surface area contributed by atoms with Gasteiger partial charge in [0, 0.05) is 6.54 Å². The smallest absolute Gasteiger partial charge is 0.0572 e. The molecule has 1 aromatic carbocycles. The Morgan fingerprint density at radius 3 is 2.24 bits per heavy atom. The zero-order valence-corrected chi connectivity index (χ0v) is 11.7. The van der Waals surface area contributed by atoms with Crippen molar-refractivity contribution in [2.24, 2.45) is 5.92 Å². The molecule has 0 aliphatic rings. The van der Waals surface area contributed by atoms with Crippen molar-refractivity contribution in [2.75, 3.05) is 13.7 Å². The normalized spacial score (nSPS) is 13.7. The maximum Gasteiger partial charge on any atom is 0.0572 e. The van der Waals surface area contributed by atoms with Crippen LogP contribution in [0.1, 0.15) is 38.8 Å². The predicted molar refractivity (Wildman–Crippen MR) is 73.0 cm³/mol. The summed E-state index contributed by atoms with van der Waals surface area (Å²) in [5.74, 6) is 0.579. The van der Waals surface area contributed by atoms with Gasteiger partial charge in [0.25, 0.3) is 0 Å². The Bertz CT molecular complexity index is 324. The molecule has 0 aliphatic carbocycles. The molecule has 0 saturated carbocycles. The van der Waals surface area contributed by atoms with Crippen LogP contribution in [0.25, 0.3) is 0 Å². The molecule has 0 amide bonds. The third-order valence-corrected chi connectivity index (χ3v) is 2.98. The van der Waals surface area contributed by atoms with Crippen LogP contribution in [-0.4, -0.2) is 13.7 Å². The van der Waals surface area contributed by atoms with E-state index in [0.717, 1.165) is 13.0 Å². The standard InChI is InChI=1S/C15H25NO/c1-12(11-16-17-5)10-13-6-8-14(9-7-13)15(2,3)4/h6-9,12,16H,10-11H2,1-5H3. The van der Waals surface area contributed by atoms with Gasteiger partial charge in [-0.3, -0.25) is 0 Å². The van der Waals surface area contributed by atoms with E-state index >= 15 is 0 Å². The van der Waals surface area contributed by atoms with Crippen LogP contribution in [0.15, 0.2) is 24.3 Å². The largest absolute Gasteiger partial charge is 0.305 e. The Morgan fingerprint density at radius 2 is 1.76 bits per heavy atom. The fourth-order valence-electron chi connectivity index (χ4n) is 1.84. The zero-order chi connectivity index (χ0) is 12.9. The van der Waals surface area contributed by atoms with Gasteiger partial charge in [0.1, 0.15) is 0 Å². The van der Waals surface area contributed by atoms with Crippen molar-refractivity contribution in [1.82, 2.24) is 5.48 Å². The summed E-state index contributed by atoms with van der Waals surface area (Å²) in [6.45, 7) is 9.84. The van der Waals surface area contributed by atoms with E-state index in [1.807, 2.05) is 0 Å². The number of benzene rings is 1. The number of hydrogen-bond acceptors (Lipinski definition) is 2. The molecule has 2 heteroatoms. The predicted octanol–water partition coefficient (Wildman–Crippen LogP) is 3.31. The van der Waals surface area contributed by atoms with Gasteiger partial charge >= 0.3 is 0 Å². The quantitative estimate of drug-likeness (QED) is 0.791. The maximum atomic E-state index is 4.86. The van der Waals surface area contributed by atoms with Gasteiger partial charge in [0.15, 0.2) is 0 Å². The van der Waals surface area contributed by atoms with Gasteiger partial charge < -0.3 is 4.84 Å². The first-order chi connectivity index (χ1) is 7.93. The molecule has 1 rings (SSSR count). The molecule has 1 unspecified atom stereocenters. The van der Waals surface area contributed by atoms with E-state index in [-0.39, 0.29) is 5.41 Å². The van der Waals surface area contributed by atoms with Crippen molar-refractivity contribution < 1.29 is 4.84 Å². The molecule has 0 radical (unpaired) electrons. The number of hydroxylamine groups is 1. The monoisotopic (exact) mass is 235 g/mol. The van der Waals surface area contributed by atoms with Crippen molar-refractivity contribution in [3.63, 3.8) is 0 Å². The maximum absolute atomic E-state index is 4.86. The third kappa shape index (κ3) is 4.88. The molecule has 0 fully saturated rings. The second-order valence-corrected chi connectivity index (χ2v) is 5.81. The average molecular weight is 235 g/mol. The molecule has 17 heavy (non-hydrogen) atoms. The minimum atomic E-state index is 0.238. The molecule has 1 N–H and O–H groups in total. The number of nitrogens with one attached hydrogen (secondary N) is 1. The van der Waals surface area contributed by atoms with Crippen LogP contribution >= 0.6 is 0 Å². The SMILES string of the molecule is CONCC(C)Cc1ccc(C(C)(C)C)cc1. The Balaban J connectivity index is 2.56. The Labute approximate surface area is 105 Å². The van der Waals surface area contributed by atoms with Crippen LogP contribution in [-0.2, 0) is 16.7 Å². The highest BCUT2D eigenvalue weighted by molar-refractivity contribution is 5.27. The van der Waals surface area contributed by atoms with E-state index < -0.39 is 0 Å². The summed E-state index contributed by atoms with van der Waals surface area (Å²) in [5, 5.41) is 0. The van der Waals surface area contributed by atoms with Crippen molar-refractivity contribution in [3.05, 3.63) is 35.4 Å². The van der Waals surface area contributed by atoms with Crippen LogP contribution in [0, 0.1) is 5.92 Å². The minimum Gasteiger partial charge on any atom is -0.305 e. The molecule has 1 aromatic rings. The lowest BCUT2D eigenvalue weighted by Crippen LogP contribution is -2.21. The molecule has 0 bridgehead atoms. The van der Waals surface area contributed by atoms with E-state index in [4.69, 9.17) is 4.84 Å². The fraction of sp³-hybridized carbons (Fsp3) is 0.600. The molecule has 0 saturated heterocycles. The van der Waals surface area contributed by atoms with Crippen molar-refractivity contribution in [1.29, 1.82) is 0 Å². The highest BCUT2D eigenvalue weighted by atomic mass is 16.6. The van der Waals surface area contributed by atoms with Crippen LogP contribution in [0.3, 0.4) is 0 Å². The molecule has 96 valence electrons. The summed E-state index contributed by atoms with van der Waals surface area (Å²) < 4.78 is 0. The van der Waals surface area contributed by atoms with Crippen molar-refractivity contribution >= 4 is 0 Å². The molecular weight excluding hydrogens is 210 g/mol. The molecule has 1 atom stereocenters. The second-order valence-electron chi connectivity index (χ2n) is 5.81. The summed E-state index contributed by atoms with van der Waals surface area (Å²) in [6, 6.07) is 8.96. The third-order valence-electron chi connectivity index (χ3n) is 2.98. The van der Waals surface area contributed by atoms with Crippen molar-refractivity contribution in [2.45, 2.75) is 39.5 Å². The van der Waals surface area contributed by atoms with E-state index in [1.54, 1.807) is 7.11 Å². The fourth-order valence-corrected chi connectivity index (χ4v) is 1.84. The first-order valence-electron chi connectivity index (χ1n) is 6.28. The lowest BCUT2D eigenvalue weighted by Gasteiger charge is -2.19. The van der Waals surface area contributed by atoms with E-state index in [1.165, 1.54) is 11.1 Å². The highest BCUT2D eigenvalue weighted by Gasteiger charge is 2.13. The van der Waals surface area contributed by atoms with Gasteiger partial charge in [0.2, 0.25) is 0 Å². The Kier molecular flexibility index (Phi) is 5.16. The van der Waals surface area contributed by atoms with Gasteiger partial charge in [-0.2, -0.15) is 0 Å². The lowest BCUT2D eigenvalue weighted by atomic mass is 9.86. The molecule has 0 spiro atoms. The van der Waals surface area contributed by atoms with Crippen LogP contribution < -0.4 is 5.48 Å². The van der Waals surface area contributed by atoms with Crippen LogP contribution in [0.5, 0.6) is 0 Å². The first-order valence-corrected chi connectivity index (χ1v) is 6.28. The van der Waals surface area contributed by atoms with Crippen LogP contribution in [0.2, 0.25) is 0 Å². The molecule has 2 nitrogen and oxygen atoms in total. The van der Waals surface area contributed by atoms with Gasteiger partial charge in [-0.15, -0.1) is 0 Å².